The molecule has 6 heteroatoms. The number of hydrogen-bond acceptors (Lipinski definition) is 3. The predicted octanol–water partition coefficient (Wildman–Crippen LogP) is 5.53. The number of hydrogen-bond donors (Lipinski definition) is 1. The monoisotopic (exact) mass is 443 g/mol. The molecule has 1 amide bonds. The Labute approximate surface area is 191 Å². The van der Waals surface area contributed by atoms with Crippen molar-refractivity contribution >= 4 is 17.5 Å². The molecule has 1 aromatic heterocycles. The van der Waals surface area contributed by atoms with E-state index in [1.165, 1.54) is 0 Å². The van der Waals surface area contributed by atoms with Gasteiger partial charge in [0.1, 0.15) is 11.4 Å². The Morgan fingerprint density at radius 1 is 1.00 bits per heavy atom. The molecule has 5 nitrogen and oxygen atoms in total. The van der Waals surface area contributed by atoms with Crippen molar-refractivity contribution in [1.29, 1.82) is 0 Å². The van der Waals surface area contributed by atoms with Crippen molar-refractivity contribution in [2.75, 3.05) is 13.7 Å². The maximum atomic E-state index is 13.4. The van der Waals surface area contributed by atoms with Gasteiger partial charge in [-0.2, -0.15) is 5.10 Å². The first-order valence-corrected chi connectivity index (χ1v) is 10.9. The van der Waals surface area contributed by atoms with Gasteiger partial charge >= 0.3 is 0 Å². The van der Waals surface area contributed by atoms with Crippen LogP contribution in [0.5, 0.6) is 5.75 Å². The number of fused-ring (bicyclic) bond motifs is 1. The minimum atomic E-state index is -0.207. The van der Waals surface area contributed by atoms with Gasteiger partial charge in [0.15, 0.2) is 0 Å². The van der Waals surface area contributed by atoms with Crippen LogP contribution in [0.2, 0.25) is 5.02 Å². The van der Waals surface area contributed by atoms with Crippen molar-refractivity contribution in [3.63, 3.8) is 0 Å². The largest absolute Gasteiger partial charge is 0.497 e. The SMILES string of the molecule is COc1ccc(CCN2C(=O)c3[nH]nc(-c4ccc(Cl)cc4)c3C2c2ccccc2)cc1. The van der Waals surface area contributed by atoms with Gasteiger partial charge in [0.25, 0.3) is 5.91 Å². The summed E-state index contributed by atoms with van der Waals surface area (Å²) in [6.07, 6.45) is 0.743. The van der Waals surface area contributed by atoms with Crippen LogP contribution in [-0.4, -0.2) is 34.7 Å². The number of nitrogens with zero attached hydrogens (tertiary/aromatic N) is 2. The highest BCUT2D eigenvalue weighted by atomic mass is 35.5. The Morgan fingerprint density at radius 3 is 2.41 bits per heavy atom. The number of H-pyrrole nitrogens is 1. The van der Waals surface area contributed by atoms with Crippen LogP contribution in [-0.2, 0) is 6.42 Å². The Balaban J connectivity index is 1.51. The Morgan fingerprint density at radius 2 is 1.72 bits per heavy atom. The molecule has 1 N–H and O–H groups in total. The molecule has 0 fully saturated rings. The molecule has 0 saturated heterocycles. The highest BCUT2D eigenvalue weighted by Crippen LogP contribution is 2.42. The summed E-state index contributed by atoms with van der Waals surface area (Å²) in [7, 11) is 1.66. The highest BCUT2D eigenvalue weighted by molar-refractivity contribution is 6.30. The first kappa shape index (κ1) is 20.3. The van der Waals surface area contributed by atoms with Gasteiger partial charge in [-0.3, -0.25) is 9.89 Å². The van der Waals surface area contributed by atoms with Crippen molar-refractivity contribution in [3.8, 4) is 17.0 Å². The topological polar surface area (TPSA) is 58.2 Å². The Hall–Kier alpha value is -3.57. The molecule has 1 atom stereocenters. The van der Waals surface area contributed by atoms with Crippen LogP contribution in [0.1, 0.15) is 33.2 Å². The maximum absolute atomic E-state index is 13.4. The standard InChI is InChI=1S/C26H22ClN3O2/c1-32-21-13-7-17(8-14-21)15-16-30-25(19-5-3-2-4-6-19)22-23(28-29-24(22)26(30)31)18-9-11-20(27)12-10-18/h2-14,25H,15-16H2,1H3,(H,28,29). The number of halogens is 1. The number of benzene rings is 3. The summed E-state index contributed by atoms with van der Waals surface area (Å²) in [5, 5.41) is 8.17. The number of ether oxygens (including phenoxy) is 1. The number of carbonyl (C=O) groups is 1. The van der Waals surface area contributed by atoms with Crippen LogP contribution < -0.4 is 4.74 Å². The van der Waals surface area contributed by atoms with Crippen LogP contribution in [0.15, 0.2) is 78.9 Å². The summed E-state index contributed by atoms with van der Waals surface area (Å²) in [5.74, 6) is 0.789. The third-order valence-corrected chi connectivity index (χ3v) is 6.15. The van der Waals surface area contributed by atoms with Gasteiger partial charge in [0.05, 0.1) is 18.8 Å². The van der Waals surface area contributed by atoms with Gasteiger partial charge in [0.2, 0.25) is 0 Å². The minimum absolute atomic E-state index is 0.0323. The normalized spacial score (nSPS) is 15.1. The van der Waals surface area contributed by atoms with Crippen molar-refractivity contribution in [2.24, 2.45) is 0 Å². The average molecular weight is 444 g/mol. The molecule has 1 aliphatic rings. The average Bonchev–Trinajstić information content (AvgIpc) is 3.38. The summed E-state index contributed by atoms with van der Waals surface area (Å²) < 4.78 is 5.25. The number of aromatic amines is 1. The van der Waals surface area contributed by atoms with E-state index in [1.54, 1.807) is 7.11 Å². The number of methoxy groups -OCH3 is 1. The first-order chi connectivity index (χ1) is 15.7. The summed E-state index contributed by atoms with van der Waals surface area (Å²) in [5.41, 5.74) is 5.39. The van der Waals surface area contributed by atoms with E-state index in [1.807, 2.05) is 71.6 Å². The quantitative estimate of drug-likeness (QED) is 0.426. The fourth-order valence-corrected chi connectivity index (χ4v) is 4.40. The summed E-state index contributed by atoms with van der Waals surface area (Å²) in [4.78, 5) is 15.3. The van der Waals surface area contributed by atoms with Crippen molar-refractivity contribution in [2.45, 2.75) is 12.5 Å². The molecule has 0 radical (unpaired) electrons. The second-order valence-corrected chi connectivity index (χ2v) is 8.21. The summed E-state index contributed by atoms with van der Waals surface area (Å²) >= 11 is 6.08. The summed E-state index contributed by atoms with van der Waals surface area (Å²) in [6.45, 7) is 0.591. The van der Waals surface area contributed by atoms with Crippen LogP contribution in [0, 0.1) is 0 Å². The Kier molecular flexibility index (Phi) is 5.41. The molecule has 0 aliphatic carbocycles. The van der Waals surface area contributed by atoms with E-state index in [-0.39, 0.29) is 11.9 Å². The van der Waals surface area contributed by atoms with Crippen LogP contribution >= 0.6 is 11.6 Å². The molecule has 3 aromatic carbocycles. The van der Waals surface area contributed by atoms with Gasteiger partial charge in [-0.25, -0.2) is 0 Å². The van der Waals surface area contributed by atoms with Gasteiger partial charge in [0, 0.05) is 22.7 Å². The van der Waals surface area contributed by atoms with Gasteiger partial charge in [-0.15, -0.1) is 0 Å². The Bertz CT molecular complexity index is 1230. The molecule has 1 unspecified atom stereocenters. The van der Waals surface area contributed by atoms with Crippen molar-refractivity contribution in [3.05, 3.63) is 106 Å². The van der Waals surface area contributed by atoms with Gasteiger partial charge < -0.3 is 9.64 Å². The third kappa shape index (κ3) is 3.65. The van der Waals surface area contributed by atoms with E-state index in [2.05, 4.69) is 22.3 Å². The van der Waals surface area contributed by atoms with Crippen molar-refractivity contribution in [1.82, 2.24) is 15.1 Å². The second-order valence-electron chi connectivity index (χ2n) is 7.78. The molecule has 0 spiro atoms. The zero-order valence-corrected chi connectivity index (χ0v) is 18.3. The van der Waals surface area contributed by atoms with E-state index < -0.39 is 0 Å². The van der Waals surface area contributed by atoms with E-state index in [0.717, 1.165) is 40.1 Å². The number of nitrogens with one attached hydrogen (secondary N) is 1. The van der Waals surface area contributed by atoms with Gasteiger partial charge in [-0.1, -0.05) is 66.2 Å². The number of amides is 1. The molecule has 5 rings (SSSR count). The summed E-state index contributed by atoms with van der Waals surface area (Å²) in [6, 6.07) is 25.4. The lowest BCUT2D eigenvalue weighted by atomic mass is 9.96. The van der Waals surface area contributed by atoms with E-state index in [9.17, 15) is 4.79 Å². The lowest BCUT2D eigenvalue weighted by Crippen LogP contribution is -2.31. The van der Waals surface area contributed by atoms with Crippen LogP contribution in [0.3, 0.4) is 0 Å². The minimum Gasteiger partial charge on any atom is -0.497 e. The maximum Gasteiger partial charge on any atom is 0.273 e. The van der Waals surface area contributed by atoms with Gasteiger partial charge in [-0.05, 0) is 41.8 Å². The lowest BCUT2D eigenvalue weighted by Gasteiger charge is -2.26. The second kappa shape index (κ2) is 8.52. The number of rotatable bonds is 6. The molecule has 0 bridgehead atoms. The number of aromatic nitrogens is 2. The molecule has 4 aromatic rings. The smallest absolute Gasteiger partial charge is 0.273 e. The fraction of sp³-hybridized carbons (Fsp3) is 0.154. The molecule has 1 aliphatic heterocycles. The van der Waals surface area contributed by atoms with Crippen LogP contribution in [0.4, 0.5) is 0 Å². The fourth-order valence-electron chi connectivity index (χ4n) is 4.28. The third-order valence-electron chi connectivity index (χ3n) is 5.90. The van der Waals surface area contributed by atoms with E-state index >= 15 is 0 Å². The molecule has 32 heavy (non-hydrogen) atoms. The molecular weight excluding hydrogens is 422 g/mol. The molecule has 2 heterocycles. The zero-order chi connectivity index (χ0) is 22.1. The van der Waals surface area contributed by atoms with Crippen LogP contribution in [0.25, 0.3) is 11.3 Å². The van der Waals surface area contributed by atoms with E-state index in [0.29, 0.717) is 17.3 Å². The zero-order valence-electron chi connectivity index (χ0n) is 17.6. The van der Waals surface area contributed by atoms with E-state index in [4.69, 9.17) is 16.3 Å². The first-order valence-electron chi connectivity index (χ1n) is 10.5. The molecule has 0 saturated carbocycles. The molecular formula is C26H22ClN3O2. The van der Waals surface area contributed by atoms with Crippen molar-refractivity contribution < 1.29 is 9.53 Å². The predicted molar refractivity (Wildman–Crippen MR) is 125 cm³/mol. The highest BCUT2D eigenvalue weighted by Gasteiger charge is 2.41. The molecule has 160 valence electrons. The number of carbonyl (C=O) groups excluding carboxylic acids is 1. The lowest BCUT2D eigenvalue weighted by molar-refractivity contribution is 0.0746.